The van der Waals surface area contributed by atoms with Gasteiger partial charge >= 0.3 is 5.97 Å². The molecule has 8 heteroatoms. The number of methoxy groups -OCH3 is 1. The van der Waals surface area contributed by atoms with Crippen LogP contribution in [0.5, 0.6) is 11.5 Å². The lowest BCUT2D eigenvalue weighted by Crippen LogP contribution is -2.12. The fourth-order valence-electron chi connectivity index (χ4n) is 3.28. The second kappa shape index (κ2) is 10.7. The van der Waals surface area contributed by atoms with E-state index >= 15 is 0 Å². The Labute approximate surface area is 224 Å². The molecule has 0 saturated carbocycles. The van der Waals surface area contributed by atoms with Gasteiger partial charge in [0.05, 0.1) is 10.7 Å². The normalized spacial score (nSPS) is 14.1. The Balaban J connectivity index is 1.57. The van der Waals surface area contributed by atoms with Crippen molar-refractivity contribution in [3.8, 4) is 11.5 Å². The molecule has 34 heavy (non-hydrogen) atoms. The van der Waals surface area contributed by atoms with Crippen molar-refractivity contribution in [3.05, 3.63) is 95.8 Å². The maximum Gasteiger partial charge on any atom is 0.363 e. The molecular formula is C26H19I2NO5. The molecule has 0 spiro atoms. The van der Waals surface area contributed by atoms with E-state index in [1.807, 2.05) is 37.3 Å². The van der Waals surface area contributed by atoms with E-state index in [-0.39, 0.29) is 24.0 Å². The molecule has 0 aromatic heterocycles. The Kier molecular flexibility index (Phi) is 7.67. The van der Waals surface area contributed by atoms with Crippen molar-refractivity contribution in [1.82, 2.24) is 0 Å². The number of cyclic esters (lactones) is 1. The summed E-state index contributed by atoms with van der Waals surface area (Å²) in [7, 11) is 1.52. The summed E-state index contributed by atoms with van der Waals surface area (Å²) in [6, 6.07) is 18.3. The van der Waals surface area contributed by atoms with Gasteiger partial charge in [-0.3, -0.25) is 4.79 Å². The molecule has 0 N–H and O–H groups in total. The molecule has 3 aromatic carbocycles. The van der Waals surface area contributed by atoms with Gasteiger partial charge in [0, 0.05) is 14.7 Å². The molecule has 0 saturated heterocycles. The molecule has 1 heterocycles. The van der Waals surface area contributed by atoms with E-state index in [0.717, 1.165) is 18.3 Å². The van der Waals surface area contributed by atoms with E-state index in [1.165, 1.54) is 7.11 Å². The molecule has 0 radical (unpaired) electrons. The van der Waals surface area contributed by atoms with Crippen molar-refractivity contribution >= 4 is 68.9 Å². The maximum atomic E-state index is 12.4. The number of ketones is 1. The van der Waals surface area contributed by atoms with Crippen molar-refractivity contribution in [2.45, 2.75) is 6.92 Å². The van der Waals surface area contributed by atoms with Gasteiger partial charge in [-0.15, -0.1) is 0 Å². The number of nitrogens with zero attached hydrogens (tertiary/aromatic N) is 1. The average Bonchev–Trinajstić information content (AvgIpc) is 3.20. The predicted molar refractivity (Wildman–Crippen MR) is 146 cm³/mol. The van der Waals surface area contributed by atoms with Crippen LogP contribution in [-0.4, -0.2) is 31.4 Å². The lowest BCUT2D eigenvalue weighted by molar-refractivity contribution is -0.129. The van der Waals surface area contributed by atoms with E-state index in [4.69, 9.17) is 14.2 Å². The molecule has 1 aliphatic rings. The number of hydrogen-bond donors (Lipinski definition) is 0. The third-order valence-electron chi connectivity index (χ3n) is 5.02. The standard InChI is InChI=1S/C26H19I2NO5/c1-15-10-18(8-9-19(15)27)25-29-21(26(31)34-25)12-16-11-20(28)24(23(13-16)32-2)33-14-22(30)17-6-4-3-5-7-17/h3-13H,14H2,1-2H3/b21-12-. The molecule has 1 aliphatic heterocycles. The largest absolute Gasteiger partial charge is 0.493 e. The number of hydrogen-bond acceptors (Lipinski definition) is 6. The molecular weight excluding hydrogens is 660 g/mol. The first-order valence-electron chi connectivity index (χ1n) is 10.2. The summed E-state index contributed by atoms with van der Waals surface area (Å²) in [4.78, 5) is 29.2. The molecule has 4 rings (SSSR count). The lowest BCUT2D eigenvalue weighted by Gasteiger charge is -2.13. The van der Waals surface area contributed by atoms with Crippen molar-refractivity contribution in [2.75, 3.05) is 13.7 Å². The number of aryl methyl sites for hydroxylation is 1. The minimum absolute atomic E-state index is 0.119. The molecule has 0 fully saturated rings. The molecule has 172 valence electrons. The first kappa shape index (κ1) is 24.4. The Morgan fingerprint density at radius 2 is 1.82 bits per heavy atom. The van der Waals surface area contributed by atoms with Gasteiger partial charge in [-0.2, -0.15) is 0 Å². The van der Waals surface area contributed by atoms with Gasteiger partial charge < -0.3 is 14.2 Å². The maximum absolute atomic E-state index is 12.4. The number of aliphatic imine (C=N–C) groups is 1. The van der Waals surface area contributed by atoms with Gasteiger partial charge in [-0.25, -0.2) is 9.79 Å². The molecule has 0 amide bonds. The van der Waals surface area contributed by atoms with Gasteiger partial charge in [-0.05, 0) is 99.6 Å². The predicted octanol–water partition coefficient (Wildman–Crippen LogP) is 5.82. The van der Waals surface area contributed by atoms with Crippen LogP contribution in [0.4, 0.5) is 0 Å². The minimum atomic E-state index is -0.519. The molecule has 6 nitrogen and oxygen atoms in total. The van der Waals surface area contributed by atoms with Crippen LogP contribution < -0.4 is 9.47 Å². The molecule has 0 unspecified atom stereocenters. The summed E-state index contributed by atoms with van der Waals surface area (Å²) >= 11 is 4.36. The zero-order valence-corrected chi connectivity index (χ0v) is 22.6. The highest BCUT2D eigenvalue weighted by atomic mass is 127. The number of benzene rings is 3. The average molecular weight is 679 g/mol. The lowest BCUT2D eigenvalue weighted by atomic mass is 10.1. The van der Waals surface area contributed by atoms with Crippen LogP contribution in [-0.2, 0) is 9.53 Å². The number of rotatable bonds is 7. The van der Waals surface area contributed by atoms with Gasteiger partial charge in [0.2, 0.25) is 5.90 Å². The van der Waals surface area contributed by atoms with Gasteiger partial charge in [-0.1, -0.05) is 30.3 Å². The Hall–Kier alpha value is -2.73. The third-order valence-corrected chi connectivity index (χ3v) is 7.04. The number of Topliss-reactive ketones (excluding diaryl/α,β-unsaturated/α-hetero) is 1. The molecule has 0 aliphatic carbocycles. The molecule has 0 bridgehead atoms. The smallest absolute Gasteiger partial charge is 0.363 e. The Bertz CT molecular complexity index is 1330. The number of ether oxygens (including phenoxy) is 3. The zero-order valence-electron chi connectivity index (χ0n) is 18.3. The van der Waals surface area contributed by atoms with Crippen molar-refractivity contribution in [3.63, 3.8) is 0 Å². The number of carbonyl (C=O) groups is 2. The van der Waals surface area contributed by atoms with Crippen LogP contribution in [0.25, 0.3) is 6.08 Å². The van der Waals surface area contributed by atoms with Gasteiger partial charge in [0.25, 0.3) is 0 Å². The summed E-state index contributed by atoms with van der Waals surface area (Å²) in [6.07, 6.45) is 1.64. The quantitative estimate of drug-likeness (QED) is 0.136. The second-order valence-corrected chi connectivity index (χ2v) is 9.74. The van der Waals surface area contributed by atoms with E-state index in [9.17, 15) is 9.59 Å². The topological polar surface area (TPSA) is 74.2 Å². The van der Waals surface area contributed by atoms with E-state index < -0.39 is 5.97 Å². The van der Waals surface area contributed by atoms with Crippen LogP contribution in [0.1, 0.15) is 27.0 Å². The van der Waals surface area contributed by atoms with Crippen molar-refractivity contribution in [1.29, 1.82) is 0 Å². The minimum Gasteiger partial charge on any atom is -0.493 e. The summed E-state index contributed by atoms with van der Waals surface area (Å²) in [5, 5.41) is 0. The van der Waals surface area contributed by atoms with Crippen LogP contribution in [0.3, 0.4) is 0 Å². The van der Waals surface area contributed by atoms with E-state index in [1.54, 1.807) is 36.4 Å². The van der Waals surface area contributed by atoms with Crippen molar-refractivity contribution < 1.29 is 23.8 Å². The fourth-order valence-corrected chi connectivity index (χ4v) is 4.39. The number of halogens is 2. The zero-order chi connectivity index (χ0) is 24.2. The first-order valence-corrected chi connectivity index (χ1v) is 12.4. The van der Waals surface area contributed by atoms with Crippen LogP contribution in [0, 0.1) is 14.1 Å². The van der Waals surface area contributed by atoms with Gasteiger partial charge in [0.1, 0.15) is 0 Å². The van der Waals surface area contributed by atoms with Crippen LogP contribution in [0.15, 0.2) is 71.4 Å². The third kappa shape index (κ3) is 5.49. The molecule has 3 aromatic rings. The Morgan fingerprint density at radius 1 is 1.06 bits per heavy atom. The first-order chi connectivity index (χ1) is 16.4. The summed E-state index contributed by atoms with van der Waals surface area (Å²) < 4.78 is 18.5. The fraction of sp³-hybridized carbons (Fsp3) is 0.115. The number of carbonyl (C=O) groups excluding carboxylic acids is 2. The monoisotopic (exact) mass is 679 g/mol. The van der Waals surface area contributed by atoms with Crippen molar-refractivity contribution in [2.24, 2.45) is 4.99 Å². The highest BCUT2D eigenvalue weighted by molar-refractivity contribution is 14.1. The number of esters is 1. The van der Waals surface area contributed by atoms with Crippen LogP contribution >= 0.6 is 45.2 Å². The molecule has 0 atom stereocenters. The highest BCUT2D eigenvalue weighted by Crippen LogP contribution is 2.35. The summed E-state index contributed by atoms with van der Waals surface area (Å²) in [6.45, 7) is 1.87. The second-order valence-electron chi connectivity index (χ2n) is 7.41. The highest BCUT2D eigenvalue weighted by Gasteiger charge is 2.25. The van der Waals surface area contributed by atoms with Crippen LogP contribution in [0.2, 0.25) is 0 Å². The van der Waals surface area contributed by atoms with E-state index in [2.05, 4.69) is 50.2 Å². The Morgan fingerprint density at radius 3 is 2.53 bits per heavy atom. The SMILES string of the molecule is COc1cc(/C=C2\N=C(c3ccc(I)c(C)c3)OC2=O)cc(I)c1OCC(=O)c1ccccc1. The summed E-state index contributed by atoms with van der Waals surface area (Å²) in [5.41, 5.74) is 3.29. The summed E-state index contributed by atoms with van der Waals surface area (Å²) in [5.74, 6) is 0.530. The van der Waals surface area contributed by atoms with Gasteiger partial charge in [0.15, 0.2) is 29.6 Å². The van der Waals surface area contributed by atoms with E-state index in [0.29, 0.717) is 22.6 Å².